The summed E-state index contributed by atoms with van der Waals surface area (Å²) in [5.41, 5.74) is 3.36. The highest BCUT2D eigenvalue weighted by molar-refractivity contribution is 6.30. The molecule has 0 atom stereocenters. The van der Waals surface area contributed by atoms with Gasteiger partial charge in [-0.15, -0.1) is 13.2 Å². The van der Waals surface area contributed by atoms with Crippen molar-refractivity contribution in [2.45, 2.75) is 83.8 Å². The first kappa shape index (κ1) is 49.8. The van der Waals surface area contributed by atoms with Crippen LogP contribution in [0.2, 0.25) is 5.02 Å². The number of aryl methyl sites for hydroxylation is 1. The second kappa shape index (κ2) is 22.1. The van der Waals surface area contributed by atoms with E-state index < -0.39 is 23.5 Å². The minimum atomic E-state index is -4.75. The number of piperidine rings is 2. The number of nitrogens with zero attached hydrogens (tertiary/aromatic N) is 8. The molecule has 3 fully saturated rings. The monoisotopic (exact) mass is 1010 g/mol. The quantitative estimate of drug-likeness (QED) is 0.0596. The number of aromatic nitrogens is 6. The van der Waals surface area contributed by atoms with Crippen LogP contribution in [0.3, 0.4) is 0 Å². The van der Waals surface area contributed by atoms with Gasteiger partial charge in [0.2, 0.25) is 35.6 Å². The predicted molar refractivity (Wildman–Crippen MR) is 265 cm³/mol. The second-order valence-corrected chi connectivity index (χ2v) is 18.8. The minimum Gasteiger partial charge on any atom is -0.406 e. The fourth-order valence-electron chi connectivity index (χ4n) is 8.91. The SMILES string of the molecule is Cc1c(NC(=O)CC2(C(=O)Nc3cc(Nc4ncnc(N5CCC(OCc6ccc(OC(F)(F)F)cc6)CC5)n4)ccc3F)CC2)cccc1Nc1ncnc(N2CCC(CCc3ccc(Cl)cc3)CC2)n1. The smallest absolute Gasteiger partial charge is 0.406 e. The van der Waals surface area contributed by atoms with E-state index in [0.717, 1.165) is 54.9 Å². The van der Waals surface area contributed by atoms with Crippen molar-refractivity contribution in [1.82, 2.24) is 29.9 Å². The lowest BCUT2D eigenvalue weighted by Gasteiger charge is -2.32. The van der Waals surface area contributed by atoms with Gasteiger partial charge in [0.1, 0.15) is 24.2 Å². The summed E-state index contributed by atoms with van der Waals surface area (Å²) in [6, 6.07) is 23.2. The number of benzene rings is 4. The molecule has 2 aliphatic heterocycles. The van der Waals surface area contributed by atoms with Gasteiger partial charge in [-0.2, -0.15) is 9.97 Å². The van der Waals surface area contributed by atoms with Gasteiger partial charge in [-0.3, -0.25) is 9.59 Å². The van der Waals surface area contributed by atoms with E-state index in [4.69, 9.17) is 21.3 Å². The lowest BCUT2D eigenvalue weighted by atomic mass is 9.91. The molecule has 0 unspecified atom stereocenters. The van der Waals surface area contributed by atoms with Crippen molar-refractivity contribution >= 4 is 70.0 Å². The van der Waals surface area contributed by atoms with Gasteiger partial charge >= 0.3 is 6.36 Å². The molecule has 9 rings (SSSR count). The van der Waals surface area contributed by atoms with Crippen LogP contribution in [0.4, 0.5) is 64.1 Å². The summed E-state index contributed by atoms with van der Waals surface area (Å²) in [7, 11) is 0. The normalized spacial score (nSPS) is 16.0. The molecule has 0 bridgehead atoms. The maximum absolute atomic E-state index is 15.2. The molecule has 1 aliphatic carbocycles. The largest absolute Gasteiger partial charge is 0.573 e. The zero-order valence-electron chi connectivity index (χ0n) is 39.4. The number of ether oxygens (including phenoxy) is 2. The van der Waals surface area contributed by atoms with Crippen LogP contribution in [0.25, 0.3) is 0 Å². The number of rotatable bonds is 18. The molecule has 4 aromatic carbocycles. The summed E-state index contributed by atoms with van der Waals surface area (Å²) in [4.78, 5) is 58.1. The predicted octanol–water partition coefficient (Wildman–Crippen LogP) is 10.3. The highest BCUT2D eigenvalue weighted by Gasteiger charge is 2.51. The maximum Gasteiger partial charge on any atom is 0.573 e. The lowest BCUT2D eigenvalue weighted by molar-refractivity contribution is -0.274. The van der Waals surface area contributed by atoms with Crippen LogP contribution in [-0.4, -0.2) is 80.4 Å². The zero-order chi connectivity index (χ0) is 50.2. The molecule has 72 heavy (non-hydrogen) atoms. The summed E-state index contributed by atoms with van der Waals surface area (Å²) in [5, 5.41) is 12.8. The Bertz CT molecular complexity index is 2840. The van der Waals surface area contributed by atoms with Crippen molar-refractivity contribution in [3.8, 4) is 5.75 Å². The third-order valence-corrected chi connectivity index (χ3v) is 13.5. The molecule has 16 nitrogen and oxygen atoms in total. The summed E-state index contributed by atoms with van der Waals surface area (Å²) in [5.74, 6) is 0.469. The van der Waals surface area contributed by atoms with Crippen molar-refractivity contribution in [3.05, 3.63) is 125 Å². The van der Waals surface area contributed by atoms with Crippen molar-refractivity contribution in [1.29, 1.82) is 0 Å². The van der Waals surface area contributed by atoms with E-state index >= 15 is 4.39 Å². The van der Waals surface area contributed by atoms with Crippen molar-refractivity contribution in [2.24, 2.45) is 11.3 Å². The molecular formula is C51H53ClF4N12O4. The number of anilines is 8. The molecule has 3 aliphatic rings. The number of hydrogen-bond donors (Lipinski definition) is 4. The number of amides is 2. The van der Waals surface area contributed by atoms with Gasteiger partial charge in [-0.1, -0.05) is 41.9 Å². The average molecular weight is 1010 g/mol. The van der Waals surface area contributed by atoms with Gasteiger partial charge in [-0.25, -0.2) is 24.3 Å². The third kappa shape index (κ3) is 13.2. The second-order valence-electron chi connectivity index (χ2n) is 18.4. The molecule has 1 saturated carbocycles. The van der Waals surface area contributed by atoms with Crippen LogP contribution in [0.1, 0.15) is 68.1 Å². The van der Waals surface area contributed by atoms with Crippen LogP contribution in [-0.2, 0) is 27.4 Å². The van der Waals surface area contributed by atoms with E-state index in [1.165, 1.54) is 60.7 Å². The molecular weight excluding hydrogens is 956 g/mol. The Labute approximate surface area is 418 Å². The highest BCUT2D eigenvalue weighted by atomic mass is 35.5. The Morgan fingerprint density at radius 1 is 0.750 bits per heavy atom. The van der Waals surface area contributed by atoms with Crippen LogP contribution in [0, 0.1) is 24.1 Å². The molecule has 21 heteroatoms. The number of alkyl halides is 3. The fourth-order valence-corrected chi connectivity index (χ4v) is 9.04. The van der Waals surface area contributed by atoms with Gasteiger partial charge < -0.3 is 40.5 Å². The molecule has 2 saturated heterocycles. The summed E-state index contributed by atoms with van der Waals surface area (Å²) in [6.45, 7) is 4.97. The van der Waals surface area contributed by atoms with E-state index in [9.17, 15) is 22.8 Å². The summed E-state index contributed by atoms with van der Waals surface area (Å²) in [6.07, 6.45) is 4.41. The number of carbonyl (C=O) groups excluding carboxylic acids is 2. The molecule has 4 N–H and O–H groups in total. The van der Waals surface area contributed by atoms with Crippen LogP contribution >= 0.6 is 11.6 Å². The molecule has 6 aromatic rings. The maximum atomic E-state index is 15.2. The topological polar surface area (TPSA) is 185 Å². The Morgan fingerprint density at radius 2 is 1.38 bits per heavy atom. The van der Waals surface area contributed by atoms with Crippen molar-refractivity contribution in [3.63, 3.8) is 0 Å². The Morgan fingerprint density at radius 3 is 2.03 bits per heavy atom. The Hall–Kier alpha value is -7.19. The van der Waals surface area contributed by atoms with Crippen molar-refractivity contribution in [2.75, 3.05) is 57.2 Å². The number of carbonyl (C=O) groups is 2. The molecule has 4 heterocycles. The molecule has 2 amide bonds. The summed E-state index contributed by atoms with van der Waals surface area (Å²) >= 11 is 6.05. The van der Waals surface area contributed by atoms with E-state index in [-0.39, 0.29) is 42.4 Å². The zero-order valence-corrected chi connectivity index (χ0v) is 40.1. The fraction of sp³-hybridized carbons (Fsp3) is 0.373. The first-order valence-electron chi connectivity index (χ1n) is 23.9. The van der Waals surface area contributed by atoms with Gasteiger partial charge in [-0.05, 0) is 135 Å². The van der Waals surface area contributed by atoms with E-state index in [2.05, 4.69) is 68.0 Å². The van der Waals surface area contributed by atoms with E-state index in [1.54, 1.807) is 12.1 Å². The number of hydrogen-bond acceptors (Lipinski definition) is 14. The van der Waals surface area contributed by atoms with Crippen LogP contribution < -0.4 is 35.8 Å². The molecule has 376 valence electrons. The summed E-state index contributed by atoms with van der Waals surface area (Å²) < 4.78 is 62.6. The first-order chi connectivity index (χ1) is 34.7. The van der Waals surface area contributed by atoms with Gasteiger partial charge in [0.15, 0.2) is 0 Å². The van der Waals surface area contributed by atoms with Gasteiger partial charge in [0.25, 0.3) is 0 Å². The van der Waals surface area contributed by atoms with E-state index in [1.807, 2.05) is 30.0 Å². The standard InChI is InChI=1S/C51H53ClF4N12O4/c1-32-41(3-2-4-42(32)64-47-58-31-60-49(66-47)67-23-17-34(18-24-67)6-5-33-7-11-36(52)12-8-33)62-44(69)28-50(21-22-50)45(70)63-43-27-37(13-16-40(43)53)61-46-57-30-59-48(65-46)68-25-19-38(20-26-68)71-29-35-9-14-39(15-10-35)72-51(54,55)56/h2-4,7-16,27,30-31,34,38H,5-6,17-26,28-29H2,1H3,(H,62,69)(H,63,70)(H,57,59,61,65)(H,58,60,64,66). The number of halogens is 5. The lowest BCUT2D eigenvalue weighted by Crippen LogP contribution is -2.38. The van der Waals surface area contributed by atoms with Crippen LogP contribution in [0.5, 0.6) is 5.75 Å². The molecule has 2 aromatic heterocycles. The molecule has 0 spiro atoms. The van der Waals surface area contributed by atoms with Gasteiger partial charge in [0.05, 0.1) is 23.8 Å². The minimum absolute atomic E-state index is 0.0653. The number of nitrogens with one attached hydrogen (secondary N) is 4. The Kier molecular flexibility index (Phi) is 15.3. The first-order valence-corrected chi connectivity index (χ1v) is 24.2. The Balaban J connectivity index is 0.736. The molecule has 0 radical (unpaired) electrons. The third-order valence-electron chi connectivity index (χ3n) is 13.3. The van der Waals surface area contributed by atoms with Crippen molar-refractivity contribution < 1.29 is 36.6 Å². The average Bonchev–Trinajstić information content (AvgIpc) is 4.16. The van der Waals surface area contributed by atoms with Gasteiger partial charge in [0, 0.05) is 54.7 Å². The van der Waals surface area contributed by atoms with Crippen LogP contribution in [0.15, 0.2) is 97.6 Å². The highest BCUT2D eigenvalue weighted by Crippen LogP contribution is 2.50. The van der Waals surface area contributed by atoms with E-state index in [0.29, 0.717) is 79.6 Å².